The monoisotopic (exact) mass is 551 g/mol. The molecule has 0 saturated heterocycles. The molecule has 0 atom stereocenters. The Hall–Kier alpha value is -3.90. The molecule has 0 aliphatic rings. The summed E-state index contributed by atoms with van der Waals surface area (Å²) >= 11 is 5.97. The smallest absolute Gasteiger partial charge is 0.142 e. The summed E-state index contributed by atoms with van der Waals surface area (Å²) < 4.78 is 14.2. The quantitative estimate of drug-likeness (QED) is 0.117. The van der Waals surface area contributed by atoms with E-state index in [2.05, 4.69) is 68.9 Å². The van der Waals surface area contributed by atoms with Gasteiger partial charge in [-0.05, 0) is 59.9 Å². The Morgan fingerprint density at radius 1 is 1.07 bits per heavy atom. The van der Waals surface area contributed by atoms with Gasteiger partial charge in [-0.1, -0.05) is 82.0 Å². The second-order valence-corrected chi connectivity index (χ2v) is 10.2. The predicted octanol–water partition coefficient (Wildman–Crippen LogP) is 8.91. The first-order chi connectivity index (χ1) is 19.2. The fourth-order valence-electron chi connectivity index (χ4n) is 3.89. The fourth-order valence-corrected chi connectivity index (χ4v) is 4.07. The van der Waals surface area contributed by atoms with Gasteiger partial charge in [-0.15, -0.1) is 5.98 Å². The van der Waals surface area contributed by atoms with Crippen LogP contribution in [0.1, 0.15) is 49.6 Å². The Balaban J connectivity index is 0.000000472. The Morgan fingerprint density at radius 3 is 2.48 bits per heavy atom. The highest BCUT2D eigenvalue weighted by Crippen LogP contribution is 2.24. The molecular formula is C33H34BClFN4. The first-order valence-electron chi connectivity index (χ1n) is 13.3. The number of pyridine rings is 2. The number of hydrogen-bond donors (Lipinski definition) is 2. The van der Waals surface area contributed by atoms with Crippen molar-refractivity contribution >= 4 is 53.0 Å². The molecule has 4 aromatic rings. The highest BCUT2D eigenvalue weighted by Gasteiger charge is 2.15. The zero-order chi connectivity index (χ0) is 29.1. The maximum absolute atomic E-state index is 14.2. The minimum absolute atomic E-state index is 0.0715. The molecule has 0 spiro atoms. The summed E-state index contributed by atoms with van der Waals surface area (Å²) in [7, 11) is 2.07. The van der Waals surface area contributed by atoms with E-state index in [0.29, 0.717) is 27.7 Å². The van der Waals surface area contributed by atoms with Crippen LogP contribution in [0.2, 0.25) is 11.3 Å². The number of fused-ring (bicyclic) bond motifs is 1. The van der Waals surface area contributed by atoms with E-state index >= 15 is 0 Å². The number of allylic oxidation sites excluding steroid dienone is 2. The molecule has 4 nitrogen and oxygen atoms in total. The van der Waals surface area contributed by atoms with Gasteiger partial charge in [0.25, 0.3) is 0 Å². The minimum Gasteiger partial charge on any atom is -0.308 e. The van der Waals surface area contributed by atoms with E-state index in [4.69, 9.17) is 22.4 Å². The topological polar surface area (TPSA) is 73.5 Å². The van der Waals surface area contributed by atoms with Gasteiger partial charge in [0.2, 0.25) is 0 Å². The molecule has 7 heteroatoms. The first kappa shape index (κ1) is 30.6. The van der Waals surface area contributed by atoms with Gasteiger partial charge in [-0.2, -0.15) is 0 Å². The molecule has 0 bridgehead atoms. The summed E-state index contributed by atoms with van der Waals surface area (Å²) in [4.78, 5) is 9.05. The highest BCUT2D eigenvalue weighted by atomic mass is 35.5. The summed E-state index contributed by atoms with van der Waals surface area (Å²) in [5, 5.41) is 16.5. The molecule has 0 unspecified atom stereocenters. The standard InChI is InChI=1S/C25H24BClFN4.C8H10/c1-15(2)8-9-26-12-18(13-29)17-10-24-23(31-14-17)7-6-22(32-24)16(3)25(30)20-11-19(27)4-5-21(20)28;1-2-8-6-4-3-5-7-8/h4-7,10-15,29-30H,3,8-9H2,1-2H3;3-7H,2H2,1H3/b18-12+,29-13?,30-25?;. The third-order valence-electron chi connectivity index (χ3n) is 6.29. The van der Waals surface area contributed by atoms with E-state index < -0.39 is 5.82 Å². The molecule has 1 radical (unpaired) electrons. The number of rotatable bonds is 10. The molecule has 2 aromatic carbocycles. The van der Waals surface area contributed by atoms with Gasteiger partial charge in [0.15, 0.2) is 0 Å². The second-order valence-electron chi connectivity index (χ2n) is 9.75. The number of hydrogen-bond acceptors (Lipinski definition) is 4. The van der Waals surface area contributed by atoms with E-state index in [1.807, 2.05) is 18.1 Å². The molecule has 2 aromatic heterocycles. The lowest BCUT2D eigenvalue weighted by Crippen LogP contribution is -2.06. The van der Waals surface area contributed by atoms with Crippen molar-refractivity contribution in [1.29, 1.82) is 10.8 Å². The molecule has 0 amide bonds. The molecule has 0 aliphatic heterocycles. The molecule has 40 heavy (non-hydrogen) atoms. The van der Waals surface area contributed by atoms with Crippen molar-refractivity contribution in [2.45, 2.75) is 39.9 Å². The average molecular weight is 552 g/mol. The van der Waals surface area contributed by atoms with Gasteiger partial charge in [0.1, 0.15) is 13.1 Å². The van der Waals surface area contributed by atoms with Gasteiger partial charge in [-0.3, -0.25) is 10.4 Å². The van der Waals surface area contributed by atoms with Crippen LogP contribution in [0.4, 0.5) is 4.39 Å². The molecule has 0 saturated carbocycles. The van der Waals surface area contributed by atoms with Crippen molar-refractivity contribution in [3.05, 3.63) is 119 Å². The molecule has 0 fully saturated rings. The van der Waals surface area contributed by atoms with Crippen LogP contribution in [-0.4, -0.2) is 29.2 Å². The number of aryl methyl sites for hydroxylation is 1. The molecule has 0 aliphatic carbocycles. The van der Waals surface area contributed by atoms with Crippen LogP contribution < -0.4 is 0 Å². The van der Waals surface area contributed by atoms with Gasteiger partial charge < -0.3 is 5.41 Å². The van der Waals surface area contributed by atoms with Crippen LogP contribution in [0.3, 0.4) is 0 Å². The Bertz CT molecular complexity index is 1520. The van der Waals surface area contributed by atoms with Gasteiger partial charge in [0.05, 0.1) is 22.4 Å². The largest absolute Gasteiger partial charge is 0.308 e. The van der Waals surface area contributed by atoms with E-state index in [1.165, 1.54) is 30.0 Å². The van der Waals surface area contributed by atoms with Gasteiger partial charge in [-0.25, -0.2) is 9.37 Å². The minimum atomic E-state index is -0.542. The van der Waals surface area contributed by atoms with Crippen molar-refractivity contribution in [3.8, 4) is 0 Å². The molecular weight excluding hydrogens is 518 g/mol. The average Bonchev–Trinajstić information content (AvgIpc) is 2.97. The number of benzene rings is 2. The van der Waals surface area contributed by atoms with Crippen molar-refractivity contribution in [1.82, 2.24) is 9.97 Å². The van der Waals surface area contributed by atoms with E-state index in [-0.39, 0.29) is 16.8 Å². The summed E-state index contributed by atoms with van der Waals surface area (Å²) in [6, 6.07) is 19.9. The second kappa shape index (κ2) is 15.0. The number of aromatic nitrogens is 2. The molecule has 203 valence electrons. The SMILES string of the molecule is C=C(C(=N)c1cc(Cl)ccc1F)c1ccc2ncc(/C(C=N)=C/[B]CCC(C)C)cc2n1.CCc1ccccc1. The Labute approximate surface area is 242 Å². The summed E-state index contributed by atoms with van der Waals surface area (Å²) in [5.74, 6) is 2.01. The predicted molar refractivity (Wildman–Crippen MR) is 169 cm³/mol. The molecule has 2 heterocycles. The summed E-state index contributed by atoms with van der Waals surface area (Å²) in [6.45, 7) is 10.5. The van der Waals surface area contributed by atoms with Gasteiger partial charge in [0, 0.05) is 34.1 Å². The first-order valence-corrected chi connectivity index (χ1v) is 13.7. The number of nitrogens with zero attached hydrogens (tertiary/aromatic N) is 2. The van der Waals surface area contributed by atoms with E-state index in [0.717, 1.165) is 30.3 Å². The molecule has 2 N–H and O–H groups in total. The lowest BCUT2D eigenvalue weighted by molar-refractivity contribution is 0.624. The van der Waals surface area contributed by atoms with Crippen LogP contribution in [0.15, 0.2) is 85.5 Å². The van der Waals surface area contributed by atoms with Crippen molar-refractivity contribution < 1.29 is 4.39 Å². The fraction of sp³-hybridized carbons (Fsp3) is 0.212. The normalized spacial score (nSPS) is 11.1. The highest BCUT2D eigenvalue weighted by molar-refractivity contribution is 6.45. The third kappa shape index (κ3) is 8.55. The van der Waals surface area contributed by atoms with Crippen LogP contribution in [-0.2, 0) is 6.42 Å². The van der Waals surface area contributed by atoms with Crippen LogP contribution in [0.25, 0.3) is 22.2 Å². The Kier molecular flexibility index (Phi) is 11.5. The van der Waals surface area contributed by atoms with Crippen molar-refractivity contribution in [2.24, 2.45) is 5.92 Å². The lowest BCUT2D eigenvalue weighted by atomic mass is 9.70. The van der Waals surface area contributed by atoms with Crippen molar-refractivity contribution in [3.63, 3.8) is 0 Å². The maximum atomic E-state index is 14.2. The van der Waals surface area contributed by atoms with Crippen molar-refractivity contribution in [2.75, 3.05) is 0 Å². The number of halogens is 2. The van der Waals surface area contributed by atoms with Crippen LogP contribution >= 0.6 is 11.6 Å². The zero-order valence-corrected chi connectivity index (χ0v) is 24.0. The van der Waals surface area contributed by atoms with Gasteiger partial charge >= 0.3 is 0 Å². The van der Waals surface area contributed by atoms with E-state index in [9.17, 15) is 4.39 Å². The summed E-state index contributed by atoms with van der Waals surface area (Å²) in [6.07, 6.45) is 6.19. The zero-order valence-electron chi connectivity index (χ0n) is 23.2. The maximum Gasteiger partial charge on any atom is 0.142 e. The van der Waals surface area contributed by atoms with Crippen LogP contribution in [0, 0.1) is 22.6 Å². The third-order valence-corrected chi connectivity index (χ3v) is 6.53. The van der Waals surface area contributed by atoms with E-state index in [1.54, 1.807) is 18.3 Å². The van der Waals surface area contributed by atoms with Crippen LogP contribution in [0.5, 0.6) is 0 Å². The Morgan fingerprint density at radius 2 is 1.82 bits per heavy atom. The summed E-state index contributed by atoms with van der Waals surface area (Å²) in [5.41, 5.74) is 4.93. The molecule has 4 rings (SSSR count). The number of nitrogens with one attached hydrogen (secondary N) is 2. The lowest BCUT2D eigenvalue weighted by Gasteiger charge is -2.10.